The van der Waals surface area contributed by atoms with E-state index in [9.17, 15) is 16.8 Å². The van der Waals surface area contributed by atoms with Crippen LogP contribution in [-0.4, -0.2) is 44.5 Å². The summed E-state index contributed by atoms with van der Waals surface area (Å²) in [4.78, 5) is 0.216. The predicted octanol–water partition coefficient (Wildman–Crippen LogP) is 0.0845. The van der Waals surface area contributed by atoms with Gasteiger partial charge in [0.1, 0.15) is 4.99 Å². The first-order valence-electron chi connectivity index (χ1n) is 5.52. The van der Waals surface area contributed by atoms with Gasteiger partial charge in [0.25, 0.3) is 0 Å². The molecule has 0 heterocycles. The highest BCUT2D eigenvalue weighted by atomic mass is 32.3. The van der Waals surface area contributed by atoms with Gasteiger partial charge in [-0.25, -0.2) is 16.8 Å². The Balaban J connectivity index is 2.93. The van der Waals surface area contributed by atoms with E-state index in [0.717, 1.165) is 10.6 Å². The number of sulfone groups is 1. The van der Waals surface area contributed by atoms with E-state index in [1.54, 1.807) is 24.3 Å². The highest BCUT2D eigenvalue weighted by Gasteiger charge is 2.23. The van der Waals surface area contributed by atoms with Crippen LogP contribution in [0.2, 0.25) is 0 Å². The molecule has 9 heteroatoms. The summed E-state index contributed by atoms with van der Waals surface area (Å²) in [7, 11) is -6.15. The molecular formula is C11H16N2O4S3. The Labute approximate surface area is 124 Å². The molecule has 20 heavy (non-hydrogen) atoms. The minimum absolute atomic E-state index is 0.0499. The van der Waals surface area contributed by atoms with Crippen molar-refractivity contribution >= 4 is 37.1 Å². The standard InChI is InChI=1S/C11H16N2O4S3/c1-13(20(16,17)8-19(2,14)15)7-9-4-3-5-10(6-9)11(12)18/h3-6H,7-8H2,1-2H3,(H2,12,18). The molecule has 0 radical (unpaired) electrons. The summed E-state index contributed by atoms with van der Waals surface area (Å²) in [5, 5.41) is -0.911. The Bertz CT molecular complexity index is 711. The Morgan fingerprint density at radius 3 is 2.40 bits per heavy atom. The highest BCUT2D eigenvalue weighted by Crippen LogP contribution is 2.11. The van der Waals surface area contributed by atoms with Crippen molar-refractivity contribution in [2.75, 3.05) is 18.4 Å². The van der Waals surface area contributed by atoms with Gasteiger partial charge in [0.2, 0.25) is 10.0 Å². The lowest BCUT2D eigenvalue weighted by atomic mass is 10.1. The average molecular weight is 336 g/mol. The van der Waals surface area contributed by atoms with E-state index in [2.05, 4.69) is 0 Å². The minimum Gasteiger partial charge on any atom is -0.389 e. The van der Waals surface area contributed by atoms with E-state index in [1.165, 1.54) is 7.05 Å². The van der Waals surface area contributed by atoms with Crippen LogP contribution in [0.25, 0.3) is 0 Å². The molecule has 6 nitrogen and oxygen atoms in total. The van der Waals surface area contributed by atoms with Crippen LogP contribution in [0.1, 0.15) is 11.1 Å². The molecular weight excluding hydrogens is 320 g/mol. The van der Waals surface area contributed by atoms with Crippen LogP contribution in [0.15, 0.2) is 24.3 Å². The molecule has 0 aliphatic rings. The second-order valence-corrected chi connectivity index (χ2v) is 9.50. The lowest BCUT2D eigenvalue weighted by Gasteiger charge is -2.17. The van der Waals surface area contributed by atoms with Gasteiger partial charge in [-0.05, 0) is 11.6 Å². The van der Waals surface area contributed by atoms with Crippen LogP contribution in [-0.2, 0) is 26.4 Å². The van der Waals surface area contributed by atoms with Crippen LogP contribution in [0.5, 0.6) is 0 Å². The fourth-order valence-corrected chi connectivity index (χ4v) is 4.90. The zero-order chi connectivity index (χ0) is 15.6. The fraction of sp³-hybridized carbons (Fsp3) is 0.364. The topological polar surface area (TPSA) is 97.5 Å². The Kier molecular flexibility index (Phi) is 5.25. The van der Waals surface area contributed by atoms with Crippen LogP contribution in [0.3, 0.4) is 0 Å². The molecule has 0 bridgehead atoms. The predicted molar refractivity (Wildman–Crippen MR) is 82.4 cm³/mol. The molecule has 0 amide bonds. The molecule has 2 N–H and O–H groups in total. The van der Waals surface area contributed by atoms with Gasteiger partial charge in [0, 0.05) is 25.4 Å². The zero-order valence-electron chi connectivity index (χ0n) is 11.1. The van der Waals surface area contributed by atoms with Gasteiger partial charge in [-0.2, -0.15) is 4.31 Å². The van der Waals surface area contributed by atoms with Gasteiger partial charge in [0.05, 0.1) is 0 Å². The third-order valence-electron chi connectivity index (χ3n) is 2.45. The molecule has 0 aromatic heterocycles. The maximum atomic E-state index is 11.9. The van der Waals surface area contributed by atoms with E-state index in [1.807, 2.05) is 0 Å². The number of benzene rings is 1. The lowest BCUT2D eigenvalue weighted by Crippen LogP contribution is -2.31. The molecule has 1 rings (SSSR count). The van der Waals surface area contributed by atoms with Crippen molar-refractivity contribution in [3.05, 3.63) is 35.4 Å². The van der Waals surface area contributed by atoms with E-state index in [4.69, 9.17) is 18.0 Å². The van der Waals surface area contributed by atoms with Crippen LogP contribution in [0.4, 0.5) is 0 Å². The van der Waals surface area contributed by atoms with Crippen molar-refractivity contribution in [1.29, 1.82) is 0 Å². The van der Waals surface area contributed by atoms with Crippen molar-refractivity contribution < 1.29 is 16.8 Å². The molecule has 0 fully saturated rings. The summed E-state index contributed by atoms with van der Waals surface area (Å²) in [5.41, 5.74) is 6.81. The molecule has 0 unspecified atom stereocenters. The Hall–Kier alpha value is -1.03. The number of hydrogen-bond acceptors (Lipinski definition) is 5. The molecule has 0 spiro atoms. The highest BCUT2D eigenvalue weighted by molar-refractivity contribution is 8.06. The van der Waals surface area contributed by atoms with Crippen LogP contribution < -0.4 is 5.73 Å². The minimum atomic E-state index is -3.87. The van der Waals surface area contributed by atoms with E-state index >= 15 is 0 Å². The monoisotopic (exact) mass is 336 g/mol. The SMILES string of the molecule is CN(Cc1cccc(C(N)=S)c1)S(=O)(=O)CS(C)(=O)=O. The number of hydrogen-bond donors (Lipinski definition) is 1. The van der Waals surface area contributed by atoms with Crippen LogP contribution in [0, 0.1) is 0 Å². The van der Waals surface area contributed by atoms with Gasteiger partial charge in [0.15, 0.2) is 14.9 Å². The normalized spacial score (nSPS) is 12.6. The van der Waals surface area contributed by atoms with E-state index in [0.29, 0.717) is 11.1 Å². The number of nitrogens with zero attached hydrogens (tertiary/aromatic N) is 1. The van der Waals surface area contributed by atoms with Crippen molar-refractivity contribution in [2.45, 2.75) is 6.54 Å². The van der Waals surface area contributed by atoms with Crippen molar-refractivity contribution in [3.8, 4) is 0 Å². The first-order chi connectivity index (χ1) is 9.01. The molecule has 0 atom stereocenters. The molecule has 112 valence electrons. The number of nitrogens with two attached hydrogens (primary N) is 1. The third-order valence-corrected chi connectivity index (χ3v) is 6.67. The molecule has 0 saturated carbocycles. The molecule has 1 aromatic carbocycles. The third kappa shape index (κ3) is 5.16. The van der Waals surface area contributed by atoms with E-state index in [-0.39, 0.29) is 11.5 Å². The number of sulfonamides is 1. The molecule has 0 saturated heterocycles. The second-order valence-electron chi connectivity index (χ2n) is 4.48. The lowest BCUT2D eigenvalue weighted by molar-refractivity contribution is 0.470. The first kappa shape index (κ1) is 17.0. The van der Waals surface area contributed by atoms with Gasteiger partial charge in [-0.1, -0.05) is 30.4 Å². The van der Waals surface area contributed by atoms with Gasteiger partial charge in [-0.15, -0.1) is 0 Å². The maximum Gasteiger partial charge on any atom is 0.228 e. The summed E-state index contributed by atoms with van der Waals surface area (Å²) >= 11 is 4.85. The maximum absolute atomic E-state index is 11.9. The number of rotatable bonds is 6. The largest absolute Gasteiger partial charge is 0.389 e. The summed E-state index contributed by atoms with van der Waals surface area (Å²) in [5.74, 6) is 0. The number of thiocarbonyl (C=S) groups is 1. The van der Waals surface area contributed by atoms with E-state index < -0.39 is 24.9 Å². The summed E-state index contributed by atoms with van der Waals surface area (Å²) in [6, 6.07) is 6.82. The molecule has 1 aromatic rings. The fourth-order valence-electron chi connectivity index (χ4n) is 1.54. The smallest absolute Gasteiger partial charge is 0.228 e. The average Bonchev–Trinajstić information content (AvgIpc) is 2.26. The summed E-state index contributed by atoms with van der Waals surface area (Å²) in [6.45, 7) is 0.0499. The quantitative estimate of drug-likeness (QED) is 0.739. The van der Waals surface area contributed by atoms with Crippen LogP contribution >= 0.6 is 12.2 Å². The molecule has 0 aliphatic carbocycles. The summed E-state index contributed by atoms with van der Waals surface area (Å²) in [6.07, 6.45) is 0.881. The van der Waals surface area contributed by atoms with Gasteiger partial charge < -0.3 is 5.73 Å². The molecule has 0 aliphatic heterocycles. The summed E-state index contributed by atoms with van der Waals surface area (Å²) < 4.78 is 46.9. The Morgan fingerprint density at radius 1 is 1.30 bits per heavy atom. The second kappa shape index (κ2) is 6.17. The van der Waals surface area contributed by atoms with Crippen molar-refractivity contribution in [3.63, 3.8) is 0 Å². The first-order valence-corrected chi connectivity index (χ1v) is 9.59. The Morgan fingerprint density at radius 2 is 1.90 bits per heavy atom. The van der Waals surface area contributed by atoms with Crippen molar-refractivity contribution in [1.82, 2.24) is 4.31 Å². The van der Waals surface area contributed by atoms with Crippen molar-refractivity contribution in [2.24, 2.45) is 5.73 Å². The zero-order valence-corrected chi connectivity index (χ0v) is 13.6. The van der Waals surface area contributed by atoms with Gasteiger partial charge >= 0.3 is 0 Å². The van der Waals surface area contributed by atoms with Gasteiger partial charge in [-0.3, -0.25) is 0 Å².